The summed E-state index contributed by atoms with van der Waals surface area (Å²) in [6, 6.07) is 0. The van der Waals surface area contributed by atoms with Crippen molar-refractivity contribution in [3.63, 3.8) is 0 Å². The fourth-order valence-corrected chi connectivity index (χ4v) is 0.947. The summed E-state index contributed by atoms with van der Waals surface area (Å²) < 4.78 is 0. The first kappa shape index (κ1) is 9.89. The number of carbonyl (C=O) groups excluding carboxylic acids is 1. The van der Waals surface area contributed by atoms with Crippen LogP contribution in [0.1, 0.15) is 44.2 Å². The van der Waals surface area contributed by atoms with E-state index in [-0.39, 0.29) is 11.2 Å². The molecule has 0 saturated carbocycles. The maximum Gasteiger partial charge on any atom is 0.199 e. The summed E-state index contributed by atoms with van der Waals surface area (Å²) in [5, 5.41) is 6.19. The van der Waals surface area contributed by atoms with Crippen molar-refractivity contribution >= 4 is 5.78 Å². The monoisotopic (exact) mass is 181 g/mol. The molecule has 13 heavy (non-hydrogen) atoms. The molecular formula is C9H15N3O. The normalized spacial score (nSPS) is 11.6. The first-order chi connectivity index (χ1) is 5.99. The predicted molar refractivity (Wildman–Crippen MR) is 49.4 cm³/mol. The fourth-order valence-electron chi connectivity index (χ4n) is 0.947. The highest BCUT2D eigenvalue weighted by Crippen LogP contribution is 2.21. The SMILES string of the molecule is CC(C)(C)CCC(=O)c1ncn[nH]1. The van der Waals surface area contributed by atoms with E-state index >= 15 is 0 Å². The Morgan fingerprint density at radius 1 is 1.54 bits per heavy atom. The smallest absolute Gasteiger partial charge is 0.199 e. The lowest BCUT2D eigenvalue weighted by molar-refractivity contribution is 0.0956. The standard InChI is InChI=1S/C9H15N3O/c1-9(2,3)5-4-7(13)8-10-6-11-12-8/h6H,4-5H2,1-3H3,(H,10,11,12). The van der Waals surface area contributed by atoms with Gasteiger partial charge in [-0.25, -0.2) is 4.98 Å². The van der Waals surface area contributed by atoms with Crippen molar-refractivity contribution in [2.75, 3.05) is 0 Å². The number of carbonyl (C=O) groups is 1. The van der Waals surface area contributed by atoms with Crippen molar-refractivity contribution in [3.8, 4) is 0 Å². The second-order valence-electron chi connectivity index (χ2n) is 4.32. The molecule has 0 aliphatic rings. The lowest BCUT2D eigenvalue weighted by atomic mass is 9.89. The third-order valence-corrected chi connectivity index (χ3v) is 1.78. The van der Waals surface area contributed by atoms with Crippen LogP contribution in [0.5, 0.6) is 0 Å². The molecule has 0 aromatic carbocycles. The highest BCUT2D eigenvalue weighted by atomic mass is 16.1. The molecule has 0 saturated heterocycles. The van der Waals surface area contributed by atoms with Crippen LogP contribution in [0.2, 0.25) is 0 Å². The number of hydrogen-bond acceptors (Lipinski definition) is 3. The Kier molecular flexibility index (Phi) is 2.80. The van der Waals surface area contributed by atoms with Crippen LogP contribution >= 0.6 is 0 Å². The lowest BCUT2D eigenvalue weighted by Crippen LogP contribution is -2.10. The van der Waals surface area contributed by atoms with Gasteiger partial charge in [-0.2, -0.15) is 5.10 Å². The van der Waals surface area contributed by atoms with Crippen LogP contribution in [0.3, 0.4) is 0 Å². The predicted octanol–water partition coefficient (Wildman–Crippen LogP) is 1.81. The van der Waals surface area contributed by atoms with Crippen LogP contribution in [0, 0.1) is 5.41 Å². The maximum atomic E-state index is 11.4. The average Bonchev–Trinajstić information content (AvgIpc) is 2.50. The molecule has 1 aromatic heterocycles. The summed E-state index contributed by atoms with van der Waals surface area (Å²) >= 11 is 0. The number of hydrogen-bond donors (Lipinski definition) is 1. The number of H-pyrrole nitrogens is 1. The van der Waals surface area contributed by atoms with Gasteiger partial charge < -0.3 is 0 Å². The number of aromatic amines is 1. The van der Waals surface area contributed by atoms with E-state index in [0.717, 1.165) is 6.42 Å². The zero-order chi connectivity index (χ0) is 9.90. The van der Waals surface area contributed by atoms with E-state index in [9.17, 15) is 4.79 Å². The number of aromatic nitrogens is 3. The summed E-state index contributed by atoms with van der Waals surface area (Å²) in [7, 11) is 0. The third kappa shape index (κ3) is 3.36. The molecule has 0 aliphatic carbocycles. The van der Waals surface area contributed by atoms with E-state index in [1.54, 1.807) is 0 Å². The number of rotatable bonds is 3. The first-order valence-corrected chi connectivity index (χ1v) is 4.37. The van der Waals surface area contributed by atoms with Crippen molar-refractivity contribution in [3.05, 3.63) is 12.2 Å². The molecule has 4 nitrogen and oxygen atoms in total. The first-order valence-electron chi connectivity index (χ1n) is 4.37. The van der Waals surface area contributed by atoms with Gasteiger partial charge in [0.15, 0.2) is 11.6 Å². The van der Waals surface area contributed by atoms with Gasteiger partial charge in [-0.05, 0) is 11.8 Å². The zero-order valence-corrected chi connectivity index (χ0v) is 8.29. The van der Waals surface area contributed by atoms with Gasteiger partial charge in [0.1, 0.15) is 6.33 Å². The summed E-state index contributed by atoms with van der Waals surface area (Å²) in [5.41, 5.74) is 0.190. The molecule has 0 amide bonds. The van der Waals surface area contributed by atoms with Gasteiger partial charge >= 0.3 is 0 Å². The average molecular weight is 181 g/mol. The highest BCUT2D eigenvalue weighted by molar-refractivity contribution is 5.92. The molecule has 0 bridgehead atoms. The summed E-state index contributed by atoms with van der Waals surface area (Å²) in [4.78, 5) is 15.2. The van der Waals surface area contributed by atoms with Gasteiger partial charge in [-0.1, -0.05) is 20.8 Å². The molecule has 1 N–H and O–H groups in total. The van der Waals surface area contributed by atoms with Gasteiger partial charge in [0.2, 0.25) is 0 Å². The Labute approximate surface area is 77.8 Å². The molecule has 0 radical (unpaired) electrons. The Morgan fingerprint density at radius 2 is 2.23 bits per heavy atom. The molecule has 0 fully saturated rings. The molecule has 0 spiro atoms. The lowest BCUT2D eigenvalue weighted by Gasteiger charge is -2.16. The van der Waals surface area contributed by atoms with Crippen molar-refractivity contribution in [2.24, 2.45) is 5.41 Å². The van der Waals surface area contributed by atoms with Gasteiger partial charge in [0, 0.05) is 6.42 Å². The van der Waals surface area contributed by atoms with Crippen LogP contribution in [0.4, 0.5) is 0 Å². The van der Waals surface area contributed by atoms with Crippen molar-refractivity contribution in [1.29, 1.82) is 0 Å². The van der Waals surface area contributed by atoms with Crippen molar-refractivity contribution < 1.29 is 4.79 Å². The largest absolute Gasteiger partial charge is 0.291 e. The Morgan fingerprint density at radius 3 is 2.69 bits per heavy atom. The Bertz CT molecular complexity index is 272. The van der Waals surface area contributed by atoms with Crippen LogP contribution < -0.4 is 0 Å². The number of ketones is 1. The van der Waals surface area contributed by atoms with Crippen LogP contribution in [0.25, 0.3) is 0 Å². The van der Waals surface area contributed by atoms with E-state index in [1.807, 2.05) is 0 Å². The van der Waals surface area contributed by atoms with E-state index in [1.165, 1.54) is 6.33 Å². The van der Waals surface area contributed by atoms with Gasteiger partial charge in [-0.15, -0.1) is 0 Å². The molecule has 0 aliphatic heterocycles. The molecule has 1 rings (SSSR count). The second-order valence-corrected chi connectivity index (χ2v) is 4.32. The van der Waals surface area contributed by atoms with E-state index in [2.05, 4.69) is 36.0 Å². The van der Waals surface area contributed by atoms with Crippen molar-refractivity contribution in [2.45, 2.75) is 33.6 Å². The molecular weight excluding hydrogens is 166 g/mol. The number of Topliss-reactive ketones (excluding diaryl/α,β-unsaturated/α-hetero) is 1. The summed E-state index contributed by atoms with van der Waals surface area (Å²) in [5.74, 6) is 0.400. The van der Waals surface area contributed by atoms with E-state index in [0.29, 0.717) is 12.2 Å². The van der Waals surface area contributed by atoms with Gasteiger partial charge in [-0.3, -0.25) is 9.89 Å². The van der Waals surface area contributed by atoms with Gasteiger partial charge in [0.25, 0.3) is 0 Å². The minimum absolute atomic E-state index is 0.0347. The minimum atomic E-state index is 0.0347. The quantitative estimate of drug-likeness (QED) is 0.723. The third-order valence-electron chi connectivity index (χ3n) is 1.78. The van der Waals surface area contributed by atoms with E-state index < -0.39 is 0 Å². The van der Waals surface area contributed by atoms with E-state index in [4.69, 9.17) is 0 Å². The maximum absolute atomic E-state index is 11.4. The molecule has 4 heteroatoms. The van der Waals surface area contributed by atoms with Crippen LogP contribution in [0.15, 0.2) is 6.33 Å². The van der Waals surface area contributed by atoms with Crippen LogP contribution in [-0.4, -0.2) is 21.0 Å². The van der Waals surface area contributed by atoms with Crippen molar-refractivity contribution in [1.82, 2.24) is 15.2 Å². The summed E-state index contributed by atoms with van der Waals surface area (Å²) in [6.45, 7) is 6.34. The Hall–Kier alpha value is -1.19. The molecule has 0 unspecified atom stereocenters. The minimum Gasteiger partial charge on any atom is -0.291 e. The number of nitrogens with zero attached hydrogens (tertiary/aromatic N) is 2. The highest BCUT2D eigenvalue weighted by Gasteiger charge is 2.15. The summed E-state index contributed by atoms with van der Waals surface area (Å²) in [6.07, 6.45) is 2.75. The van der Waals surface area contributed by atoms with Crippen LogP contribution in [-0.2, 0) is 0 Å². The topological polar surface area (TPSA) is 58.6 Å². The Balaban J connectivity index is 2.44. The second kappa shape index (κ2) is 3.68. The number of nitrogens with one attached hydrogen (secondary N) is 1. The molecule has 0 atom stereocenters. The zero-order valence-electron chi connectivity index (χ0n) is 8.29. The fraction of sp³-hybridized carbons (Fsp3) is 0.667. The van der Waals surface area contributed by atoms with Gasteiger partial charge in [0.05, 0.1) is 0 Å². The molecule has 1 heterocycles. The molecule has 72 valence electrons. The molecule has 1 aromatic rings.